The zero-order chi connectivity index (χ0) is 20.2. The molecule has 2 aliphatic rings. The number of H-pyrrole nitrogens is 1. The third-order valence-corrected chi connectivity index (χ3v) is 7.85. The number of hydrogen-bond acceptors (Lipinski definition) is 6. The molecule has 9 heteroatoms. The number of nitrogens with two attached hydrogens (primary N) is 1. The van der Waals surface area contributed by atoms with Crippen LogP contribution in [0.5, 0.6) is 0 Å². The Bertz CT molecular complexity index is 1180. The molecule has 3 aromatic rings. The van der Waals surface area contributed by atoms with Crippen molar-refractivity contribution < 1.29 is 8.95 Å². The van der Waals surface area contributed by atoms with Crippen molar-refractivity contribution in [3.05, 3.63) is 36.3 Å². The lowest BCUT2D eigenvalue weighted by molar-refractivity contribution is 0.0985. The fourth-order valence-corrected chi connectivity index (χ4v) is 5.30. The van der Waals surface area contributed by atoms with Gasteiger partial charge in [0.15, 0.2) is 5.82 Å². The van der Waals surface area contributed by atoms with Gasteiger partial charge in [-0.3, -0.25) is 9.35 Å². The number of ether oxygens (including phenoxy) is 1. The molecular weight excluding hydrogens is 388 g/mol. The van der Waals surface area contributed by atoms with Gasteiger partial charge in [-0.15, -0.1) is 0 Å². The van der Waals surface area contributed by atoms with Crippen LogP contribution in [0.25, 0.3) is 22.4 Å². The fourth-order valence-electron chi connectivity index (χ4n) is 4.05. The first-order chi connectivity index (χ1) is 13.9. The van der Waals surface area contributed by atoms with Gasteiger partial charge in [0.25, 0.3) is 0 Å². The van der Waals surface area contributed by atoms with Crippen LogP contribution in [-0.2, 0) is 19.2 Å². The molecule has 2 fully saturated rings. The summed E-state index contributed by atoms with van der Waals surface area (Å²) in [6.07, 6.45) is 5.02. The lowest BCUT2D eigenvalue weighted by Crippen LogP contribution is -2.44. The second-order valence-electron chi connectivity index (χ2n) is 7.87. The first-order valence-electron chi connectivity index (χ1n) is 9.70. The van der Waals surface area contributed by atoms with Gasteiger partial charge in [0.1, 0.15) is 11.5 Å². The van der Waals surface area contributed by atoms with Gasteiger partial charge < -0.3 is 14.6 Å². The summed E-state index contributed by atoms with van der Waals surface area (Å²) in [5.41, 5.74) is 2.36. The summed E-state index contributed by atoms with van der Waals surface area (Å²) in [4.78, 5) is 19.4. The van der Waals surface area contributed by atoms with E-state index in [0.29, 0.717) is 24.7 Å². The highest BCUT2D eigenvalue weighted by Gasteiger charge is 2.52. The molecule has 1 saturated carbocycles. The van der Waals surface area contributed by atoms with Gasteiger partial charge in [-0.05, 0) is 37.8 Å². The Morgan fingerprint density at radius 1 is 1.38 bits per heavy atom. The maximum atomic E-state index is 12.8. The molecule has 0 bridgehead atoms. The van der Waals surface area contributed by atoms with Crippen LogP contribution in [0.1, 0.15) is 25.5 Å². The highest BCUT2D eigenvalue weighted by molar-refractivity contribution is 7.99. The second kappa shape index (κ2) is 6.51. The molecule has 1 unspecified atom stereocenters. The third kappa shape index (κ3) is 3.00. The lowest BCUT2D eigenvalue weighted by atomic mass is 10.1. The van der Waals surface area contributed by atoms with E-state index in [0.717, 1.165) is 41.8 Å². The lowest BCUT2D eigenvalue weighted by Gasteiger charge is -2.35. The normalized spacial score (nSPS) is 23.1. The number of aromatic nitrogens is 4. The molecule has 2 atom stereocenters. The maximum Gasteiger partial charge on any atom is 0.162 e. The molecule has 4 heterocycles. The smallest absolute Gasteiger partial charge is 0.162 e. The van der Waals surface area contributed by atoms with Gasteiger partial charge in [0.2, 0.25) is 0 Å². The standard InChI is InChI=1S/C20H24N6O2S/c1-13-12-28-10-9-26(13)17-11-16(20(5-6-20)29(2,21)27)24-19(25-17)15-4-8-23-18-14(15)3-7-22-18/h3-4,7-8,11,13H,2,5-6,9-10,12H2,1H3,(H2,21,27)(H,22,23)/t13-,29?/m1/s1. The van der Waals surface area contributed by atoms with Crippen LogP contribution in [0, 0.1) is 0 Å². The molecule has 0 amide bonds. The quantitative estimate of drug-likeness (QED) is 0.633. The van der Waals surface area contributed by atoms with E-state index in [4.69, 9.17) is 19.8 Å². The van der Waals surface area contributed by atoms with Crippen molar-refractivity contribution in [1.29, 1.82) is 0 Å². The van der Waals surface area contributed by atoms with Crippen LogP contribution in [0.15, 0.2) is 30.6 Å². The average Bonchev–Trinajstić information content (AvgIpc) is 3.39. The van der Waals surface area contributed by atoms with E-state index >= 15 is 0 Å². The van der Waals surface area contributed by atoms with E-state index in [2.05, 4.69) is 27.7 Å². The number of hydrogen-bond donors (Lipinski definition) is 2. The molecule has 1 aliphatic carbocycles. The highest BCUT2D eigenvalue weighted by atomic mass is 32.2. The van der Waals surface area contributed by atoms with Crippen molar-refractivity contribution in [2.75, 3.05) is 24.7 Å². The number of pyridine rings is 1. The summed E-state index contributed by atoms with van der Waals surface area (Å²) in [5.74, 6) is 5.16. The molecule has 3 aromatic heterocycles. The number of morpholine rings is 1. The molecule has 1 saturated heterocycles. The molecule has 0 aromatic carbocycles. The molecular formula is C20H24N6O2S. The van der Waals surface area contributed by atoms with Crippen LogP contribution < -0.4 is 10.0 Å². The van der Waals surface area contributed by atoms with Crippen molar-refractivity contribution >= 4 is 32.4 Å². The summed E-state index contributed by atoms with van der Waals surface area (Å²) in [6.45, 7) is 4.13. The summed E-state index contributed by atoms with van der Waals surface area (Å²) < 4.78 is 17.7. The summed E-state index contributed by atoms with van der Waals surface area (Å²) >= 11 is 0. The van der Waals surface area contributed by atoms with Gasteiger partial charge >= 0.3 is 0 Å². The Kier molecular flexibility index (Phi) is 4.16. The first kappa shape index (κ1) is 18.5. The minimum absolute atomic E-state index is 0.182. The molecule has 3 N–H and O–H groups in total. The zero-order valence-electron chi connectivity index (χ0n) is 16.3. The van der Waals surface area contributed by atoms with E-state index in [1.165, 1.54) is 0 Å². The van der Waals surface area contributed by atoms with Crippen LogP contribution in [0.4, 0.5) is 5.82 Å². The van der Waals surface area contributed by atoms with Crippen LogP contribution in [0.2, 0.25) is 0 Å². The van der Waals surface area contributed by atoms with Crippen molar-refractivity contribution in [2.45, 2.75) is 30.6 Å². The number of rotatable bonds is 4. The molecule has 1 aliphatic heterocycles. The van der Waals surface area contributed by atoms with Crippen LogP contribution in [0.3, 0.4) is 0 Å². The summed E-state index contributed by atoms with van der Waals surface area (Å²) in [5, 5.41) is 6.98. The molecule has 0 spiro atoms. The van der Waals surface area contributed by atoms with Crippen LogP contribution in [-0.4, -0.2) is 55.8 Å². The Labute approximate surface area is 169 Å². The van der Waals surface area contributed by atoms with Gasteiger partial charge in [0, 0.05) is 45.7 Å². The molecule has 29 heavy (non-hydrogen) atoms. The Morgan fingerprint density at radius 3 is 2.93 bits per heavy atom. The summed E-state index contributed by atoms with van der Waals surface area (Å²) in [6, 6.07) is 5.99. The van der Waals surface area contributed by atoms with Gasteiger partial charge in [-0.1, -0.05) is 0 Å². The number of nitrogens with zero attached hydrogens (tertiary/aromatic N) is 4. The van der Waals surface area contributed by atoms with Gasteiger partial charge in [0.05, 0.1) is 29.7 Å². The molecule has 8 nitrogen and oxygen atoms in total. The van der Waals surface area contributed by atoms with Gasteiger partial charge in [-0.25, -0.2) is 15.0 Å². The number of nitrogens with one attached hydrogen (secondary N) is 1. The first-order valence-corrected chi connectivity index (χ1v) is 11.5. The number of anilines is 1. The minimum atomic E-state index is -2.79. The van der Waals surface area contributed by atoms with Crippen molar-refractivity contribution in [1.82, 2.24) is 19.9 Å². The van der Waals surface area contributed by atoms with Crippen LogP contribution >= 0.6 is 0 Å². The predicted octanol–water partition coefficient (Wildman–Crippen LogP) is 1.82. The van der Waals surface area contributed by atoms with Crippen molar-refractivity contribution in [3.63, 3.8) is 0 Å². The molecule has 0 radical (unpaired) electrons. The summed E-state index contributed by atoms with van der Waals surface area (Å²) in [7, 11) is -2.79. The molecule has 5 rings (SSSR count). The fraction of sp³-hybridized carbons (Fsp3) is 0.400. The predicted molar refractivity (Wildman–Crippen MR) is 115 cm³/mol. The number of aromatic amines is 1. The SMILES string of the molecule is C=S(N)(=O)C1(c2cc(N3CCOC[C@H]3C)nc(-c3ccnc4[nH]ccc34)n2)CC1. The topological polar surface area (TPSA) is 110 Å². The van der Waals surface area contributed by atoms with E-state index in [1.54, 1.807) is 6.20 Å². The van der Waals surface area contributed by atoms with E-state index in [9.17, 15) is 4.21 Å². The maximum absolute atomic E-state index is 12.8. The third-order valence-electron chi connectivity index (χ3n) is 5.91. The largest absolute Gasteiger partial charge is 0.377 e. The van der Waals surface area contributed by atoms with Gasteiger partial charge in [-0.2, -0.15) is 0 Å². The van der Waals surface area contributed by atoms with Crippen molar-refractivity contribution in [3.8, 4) is 11.4 Å². The minimum Gasteiger partial charge on any atom is -0.377 e. The van der Waals surface area contributed by atoms with Crippen molar-refractivity contribution in [2.24, 2.45) is 5.14 Å². The Morgan fingerprint density at radius 2 is 2.21 bits per heavy atom. The second-order valence-corrected chi connectivity index (χ2v) is 10.1. The molecule has 152 valence electrons. The van der Waals surface area contributed by atoms with E-state index in [-0.39, 0.29) is 6.04 Å². The zero-order valence-corrected chi connectivity index (χ0v) is 17.1. The van der Waals surface area contributed by atoms with E-state index < -0.39 is 14.5 Å². The monoisotopic (exact) mass is 412 g/mol. The average molecular weight is 413 g/mol. The van der Waals surface area contributed by atoms with E-state index in [1.807, 2.05) is 24.4 Å². The Balaban J connectivity index is 1.72. The highest BCUT2D eigenvalue weighted by Crippen LogP contribution is 2.51. The Hall–Kier alpha value is -2.49. The number of fused-ring (bicyclic) bond motifs is 1.